The third kappa shape index (κ3) is 6.12. The van der Waals surface area contributed by atoms with Crippen LogP contribution in [0.4, 0.5) is 4.79 Å². The Balaban J connectivity index is 1.26. The molecule has 2 amide bonds. The zero-order valence-electron chi connectivity index (χ0n) is 18.4. The number of methoxy groups -OCH3 is 1. The maximum atomic E-state index is 11.6. The van der Waals surface area contributed by atoms with Crippen LogP contribution in [0.2, 0.25) is 0 Å². The van der Waals surface area contributed by atoms with E-state index >= 15 is 0 Å². The number of imide groups is 1. The minimum atomic E-state index is -0.706. The Morgan fingerprint density at radius 1 is 1.00 bits per heavy atom. The lowest BCUT2D eigenvalue weighted by atomic mass is 10.1. The first-order chi connectivity index (χ1) is 16.1. The lowest BCUT2D eigenvalue weighted by molar-refractivity contribution is -0.123. The molecule has 1 aliphatic heterocycles. The fourth-order valence-electron chi connectivity index (χ4n) is 3.64. The molecule has 172 valence electrons. The fourth-order valence-corrected chi connectivity index (χ4v) is 3.64. The van der Waals surface area contributed by atoms with E-state index < -0.39 is 12.2 Å². The quantitative estimate of drug-likeness (QED) is 0.471. The van der Waals surface area contributed by atoms with Gasteiger partial charge in [0.2, 0.25) is 0 Å². The topological polar surface area (TPSA) is 99.9 Å². The Labute approximate surface area is 191 Å². The summed E-state index contributed by atoms with van der Waals surface area (Å²) < 4.78 is 21.9. The molecule has 0 radical (unpaired) electrons. The largest absolute Gasteiger partial charge is 0.493 e. The van der Waals surface area contributed by atoms with Crippen LogP contribution < -0.4 is 14.8 Å². The van der Waals surface area contributed by atoms with Crippen LogP contribution >= 0.6 is 0 Å². The number of nitrogens with zero attached hydrogens (tertiary/aromatic N) is 1. The second-order valence-electron chi connectivity index (χ2n) is 7.77. The molecule has 33 heavy (non-hydrogen) atoms. The molecule has 8 heteroatoms. The molecule has 0 aliphatic carbocycles. The standard InChI is InChI=1S/C25H26N2O6/c1-30-22-14-18(8-5-9-21-24(28)27-25(29)33-21)10-12-20(22)31-15-19-16-32-23(26-19)13-11-17-6-3-2-4-7-17/h2-4,6-7,10,12,14,16,21H,5,8-9,11,13,15H2,1H3,(H,27,28,29). The number of hydrogen-bond donors (Lipinski definition) is 1. The predicted octanol–water partition coefficient (Wildman–Crippen LogP) is 4.01. The summed E-state index contributed by atoms with van der Waals surface area (Å²) in [4.78, 5) is 27.1. The summed E-state index contributed by atoms with van der Waals surface area (Å²) in [5.74, 6) is 1.53. The fraction of sp³-hybridized carbons (Fsp3) is 0.320. The highest BCUT2D eigenvalue weighted by molar-refractivity contribution is 5.99. The first-order valence-electron chi connectivity index (χ1n) is 10.9. The van der Waals surface area contributed by atoms with Crippen molar-refractivity contribution >= 4 is 12.0 Å². The van der Waals surface area contributed by atoms with E-state index in [1.807, 2.05) is 36.4 Å². The van der Waals surface area contributed by atoms with Crippen LogP contribution in [0, 0.1) is 0 Å². The molecule has 1 aromatic heterocycles. The van der Waals surface area contributed by atoms with Crippen molar-refractivity contribution in [2.45, 2.75) is 44.8 Å². The van der Waals surface area contributed by atoms with Crippen LogP contribution in [0.3, 0.4) is 0 Å². The Hall–Kier alpha value is -3.81. The van der Waals surface area contributed by atoms with E-state index in [-0.39, 0.29) is 12.5 Å². The van der Waals surface area contributed by atoms with E-state index in [1.54, 1.807) is 13.4 Å². The van der Waals surface area contributed by atoms with Crippen molar-refractivity contribution in [2.24, 2.45) is 0 Å². The molecule has 0 saturated carbocycles. The van der Waals surface area contributed by atoms with Gasteiger partial charge in [-0.05, 0) is 48.9 Å². The molecular formula is C25H26N2O6. The number of aryl methyl sites for hydroxylation is 3. The zero-order chi connectivity index (χ0) is 23.0. The van der Waals surface area contributed by atoms with E-state index in [0.717, 1.165) is 18.4 Å². The number of carbonyl (C=O) groups excluding carboxylic acids is 2. The Kier molecular flexibility index (Phi) is 7.24. The minimum absolute atomic E-state index is 0.271. The normalized spacial score (nSPS) is 15.2. The lowest BCUT2D eigenvalue weighted by Gasteiger charge is -2.12. The molecule has 2 aromatic carbocycles. The average Bonchev–Trinajstić information content (AvgIpc) is 3.42. The summed E-state index contributed by atoms with van der Waals surface area (Å²) in [5.41, 5.74) is 2.99. The van der Waals surface area contributed by atoms with Crippen LogP contribution in [-0.2, 0) is 35.4 Å². The van der Waals surface area contributed by atoms with Gasteiger partial charge in [-0.1, -0.05) is 36.4 Å². The highest BCUT2D eigenvalue weighted by Gasteiger charge is 2.31. The van der Waals surface area contributed by atoms with E-state index in [2.05, 4.69) is 22.4 Å². The molecular weight excluding hydrogens is 424 g/mol. The molecule has 1 saturated heterocycles. The monoisotopic (exact) mass is 450 g/mol. The van der Waals surface area contributed by atoms with E-state index in [9.17, 15) is 9.59 Å². The highest BCUT2D eigenvalue weighted by atomic mass is 16.6. The second-order valence-corrected chi connectivity index (χ2v) is 7.77. The van der Waals surface area contributed by atoms with Crippen LogP contribution in [0.5, 0.6) is 11.5 Å². The van der Waals surface area contributed by atoms with Gasteiger partial charge >= 0.3 is 6.09 Å². The van der Waals surface area contributed by atoms with E-state index in [4.69, 9.17) is 18.6 Å². The van der Waals surface area contributed by atoms with Gasteiger partial charge in [-0.15, -0.1) is 0 Å². The second kappa shape index (κ2) is 10.7. The smallest absolute Gasteiger partial charge is 0.414 e. The number of ether oxygens (including phenoxy) is 3. The maximum Gasteiger partial charge on any atom is 0.414 e. The summed E-state index contributed by atoms with van der Waals surface area (Å²) >= 11 is 0. The summed E-state index contributed by atoms with van der Waals surface area (Å²) in [6.07, 6.45) is 3.70. The zero-order valence-corrected chi connectivity index (χ0v) is 18.4. The molecule has 3 aromatic rings. The third-order valence-electron chi connectivity index (χ3n) is 5.37. The van der Waals surface area contributed by atoms with Gasteiger partial charge in [0.1, 0.15) is 18.6 Å². The van der Waals surface area contributed by atoms with E-state index in [1.165, 1.54) is 5.56 Å². The first kappa shape index (κ1) is 22.4. The molecule has 1 fully saturated rings. The van der Waals surface area contributed by atoms with Crippen molar-refractivity contribution in [3.63, 3.8) is 0 Å². The van der Waals surface area contributed by atoms with Crippen molar-refractivity contribution in [2.75, 3.05) is 7.11 Å². The molecule has 1 aliphatic rings. The minimum Gasteiger partial charge on any atom is -0.493 e. The molecule has 0 spiro atoms. The molecule has 4 rings (SSSR count). The van der Waals surface area contributed by atoms with Crippen LogP contribution in [0.25, 0.3) is 0 Å². The van der Waals surface area contributed by atoms with Crippen molar-refractivity contribution < 1.29 is 28.2 Å². The van der Waals surface area contributed by atoms with Gasteiger partial charge in [-0.3, -0.25) is 10.1 Å². The van der Waals surface area contributed by atoms with Crippen molar-refractivity contribution in [1.82, 2.24) is 10.3 Å². The molecule has 1 N–H and O–H groups in total. The number of rotatable bonds is 11. The molecule has 8 nitrogen and oxygen atoms in total. The number of benzene rings is 2. The average molecular weight is 450 g/mol. The first-order valence-corrected chi connectivity index (χ1v) is 10.9. The predicted molar refractivity (Wildman–Crippen MR) is 119 cm³/mol. The molecule has 2 heterocycles. The summed E-state index contributed by atoms with van der Waals surface area (Å²) in [6.45, 7) is 0.271. The van der Waals surface area contributed by atoms with Gasteiger partial charge in [-0.25, -0.2) is 9.78 Å². The Bertz CT molecular complexity index is 1100. The van der Waals surface area contributed by atoms with Gasteiger partial charge < -0.3 is 18.6 Å². The molecule has 0 bridgehead atoms. The molecule has 1 atom stereocenters. The van der Waals surface area contributed by atoms with Crippen molar-refractivity contribution in [1.29, 1.82) is 0 Å². The number of hydrogen-bond acceptors (Lipinski definition) is 7. The van der Waals surface area contributed by atoms with Crippen LogP contribution in [-0.4, -0.2) is 30.2 Å². The molecule has 1 unspecified atom stereocenters. The van der Waals surface area contributed by atoms with Gasteiger partial charge in [0.25, 0.3) is 5.91 Å². The van der Waals surface area contributed by atoms with Crippen molar-refractivity contribution in [3.8, 4) is 11.5 Å². The van der Waals surface area contributed by atoms with Gasteiger partial charge in [0, 0.05) is 6.42 Å². The number of amides is 2. The Morgan fingerprint density at radius 2 is 1.85 bits per heavy atom. The number of aromatic nitrogens is 1. The number of alkyl carbamates (subject to hydrolysis) is 1. The maximum absolute atomic E-state index is 11.6. The number of carbonyl (C=O) groups is 2. The van der Waals surface area contributed by atoms with Gasteiger partial charge in [-0.2, -0.15) is 0 Å². The van der Waals surface area contributed by atoms with Gasteiger partial charge in [0.05, 0.1) is 7.11 Å². The van der Waals surface area contributed by atoms with Crippen LogP contribution in [0.15, 0.2) is 59.2 Å². The Morgan fingerprint density at radius 3 is 2.61 bits per heavy atom. The highest BCUT2D eigenvalue weighted by Crippen LogP contribution is 2.29. The van der Waals surface area contributed by atoms with Crippen LogP contribution in [0.1, 0.15) is 35.6 Å². The van der Waals surface area contributed by atoms with Gasteiger partial charge in [0.15, 0.2) is 23.5 Å². The number of cyclic esters (lactones) is 1. The SMILES string of the molecule is COc1cc(CCCC2OC(=O)NC2=O)ccc1OCc1coc(CCc2ccccc2)n1. The summed E-state index contributed by atoms with van der Waals surface area (Å²) in [7, 11) is 1.59. The van der Waals surface area contributed by atoms with E-state index in [0.29, 0.717) is 42.3 Å². The number of oxazole rings is 1. The third-order valence-corrected chi connectivity index (χ3v) is 5.37. The lowest BCUT2D eigenvalue weighted by Crippen LogP contribution is -2.24. The number of nitrogens with one attached hydrogen (secondary N) is 1. The summed E-state index contributed by atoms with van der Waals surface area (Å²) in [5, 5.41) is 2.14. The summed E-state index contributed by atoms with van der Waals surface area (Å²) in [6, 6.07) is 15.9. The van der Waals surface area contributed by atoms with Crippen molar-refractivity contribution in [3.05, 3.63) is 77.5 Å².